The van der Waals surface area contributed by atoms with E-state index in [-0.39, 0.29) is 5.82 Å². The lowest BCUT2D eigenvalue weighted by Gasteiger charge is -2.34. The summed E-state index contributed by atoms with van der Waals surface area (Å²) >= 11 is 5.90. The van der Waals surface area contributed by atoms with E-state index < -0.39 is 0 Å². The third-order valence-corrected chi connectivity index (χ3v) is 3.90. The SMILES string of the molecule is CCN(CC1CCC1)c1ccc(F)cc1CCl. The Morgan fingerprint density at radius 2 is 2.18 bits per heavy atom. The van der Waals surface area contributed by atoms with Crippen LogP contribution in [-0.2, 0) is 5.88 Å². The summed E-state index contributed by atoms with van der Waals surface area (Å²) in [5, 5.41) is 0. The van der Waals surface area contributed by atoms with E-state index in [1.807, 2.05) is 6.07 Å². The number of nitrogens with zero attached hydrogens (tertiary/aromatic N) is 1. The van der Waals surface area contributed by atoms with E-state index in [0.717, 1.165) is 30.3 Å². The zero-order valence-corrected chi connectivity index (χ0v) is 11.0. The highest BCUT2D eigenvalue weighted by atomic mass is 35.5. The summed E-state index contributed by atoms with van der Waals surface area (Å²) in [6.07, 6.45) is 4.01. The van der Waals surface area contributed by atoms with Crippen LogP contribution in [0, 0.1) is 11.7 Å². The van der Waals surface area contributed by atoms with E-state index >= 15 is 0 Å². The lowest BCUT2D eigenvalue weighted by Crippen LogP contribution is -2.33. The smallest absolute Gasteiger partial charge is 0.123 e. The summed E-state index contributed by atoms with van der Waals surface area (Å²) in [5.74, 6) is 0.973. The molecule has 1 aliphatic carbocycles. The average molecular weight is 256 g/mol. The quantitative estimate of drug-likeness (QED) is 0.713. The highest BCUT2D eigenvalue weighted by Crippen LogP contribution is 2.30. The summed E-state index contributed by atoms with van der Waals surface area (Å²) < 4.78 is 13.2. The monoisotopic (exact) mass is 255 g/mol. The van der Waals surface area contributed by atoms with Crippen molar-refractivity contribution in [2.45, 2.75) is 32.1 Å². The van der Waals surface area contributed by atoms with Gasteiger partial charge in [-0.05, 0) is 49.4 Å². The number of rotatable bonds is 5. The van der Waals surface area contributed by atoms with Gasteiger partial charge in [0.1, 0.15) is 5.82 Å². The molecule has 1 aromatic rings. The Labute approximate surface area is 108 Å². The first-order chi connectivity index (χ1) is 8.24. The Balaban J connectivity index is 2.16. The van der Waals surface area contributed by atoms with Gasteiger partial charge in [-0.1, -0.05) is 6.42 Å². The van der Waals surface area contributed by atoms with Gasteiger partial charge in [0.2, 0.25) is 0 Å². The van der Waals surface area contributed by atoms with Crippen molar-refractivity contribution in [1.29, 1.82) is 0 Å². The van der Waals surface area contributed by atoms with E-state index in [1.54, 1.807) is 6.07 Å². The zero-order valence-electron chi connectivity index (χ0n) is 10.3. The Hall–Kier alpha value is -0.760. The Morgan fingerprint density at radius 1 is 1.41 bits per heavy atom. The summed E-state index contributed by atoms with van der Waals surface area (Å²) in [4.78, 5) is 2.32. The van der Waals surface area contributed by atoms with Crippen LogP contribution in [0.3, 0.4) is 0 Å². The first-order valence-electron chi connectivity index (χ1n) is 6.34. The minimum absolute atomic E-state index is 0.205. The van der Waals surface area contributed by atoms with Crippen LogP contribution >= 0.6 is 11.6 Å². The van der Waals surface area contributed by atoms with Gasteiger partial charge >= 0.3 is 0 Å². The first-order valence-corrected chi connectivity index (χ1v) is 6.87. The van der Waals surface area contributed by atoms with Gasteiger partial charge in [-0.15, -0.1) is 11.6 Å². The predicted octanol–water partition coefficient (Wildman–Crippen LogP) is 4.19. The lowest BCUT2D eigenvalue weighted by molar-refractivity contribution is 0.318. The van der Waals surface area contributed by atoms with Crippen molar-refractivity contribution in [3.8, 4) is 0 Å². The molecule has 0 heterocycles. The number of hydrogen-bond acceptors (Lipinski definition) is 1. The van der Waals surface area contributed by atoms with E-state index in [2.05, 4.69) is 11.8 Å². The maximum absolute atomic E-state index is 13.2. The fraction of sp³-hybridized carbons (Fsp3) is 0.571. The summed E-state index contributed by atoms with van der Waals surface area (Å²) in [6.45, 7) is 4.16. The summed E-state index contributed by atoms with van der Waals surface area (Å²) in [6, 6.07) is 4.93. The van der Waals surface area contributed by atoms with Crippen LogP contribution in [0.4, 0.5) is 10.1 Å². The minimum Gasteiger partial charge on any atom is -0.371 e. The van der Waals surface area contributed by atoms with Gasteiger partial charge in [0, 0.05) is 24.7 Å². The van der Waals surface area contributed by atoms with Gasteiger partial charge in [-0.25, -0.2) is 4.39 Å². The molecule has 3 heteroatoms. The second-order valence-corrected chi connectivity index (χ2v) is 5.01. The van der Waals surface area contributed by atoms with Crippen LogP contribution in [0.5, 0.6) is 0 Å². The molecule has 2 rings (SSSR count). The molecule has 0 radical (unpaired) electrons. The molecule has 0 N–H and O–H groups in total. The van der Waals surface area contributed by atoms with Gasteiger partial charge in [0.05, 0.1) is 0 Å². The van der Waals surface area contributed by atoms with Gasteiger partial charge < -0.3 is 4.90 Å². The Bertz CT molecular complexity index is 376. The standard InChI is InChI=1S/C14H19ClFN/c1-2-17(10-11-4-3-5-11)14-7-6-13(16)8-12(14)9-15/h6-8,11H,2-5,9-10H2,1H3. The van der Waals surface area contributed by atoms with Crippen LogP contribution in [0.15, 0.2) is 18.2 Å². The third-order valence-electron chi connectivity index (χ3n) is 3.61. The maximum atomic E-state index is 13.2. The van der Waals surface area contributed by atoms with Crippen LogP contribution < -0.4 is 4.90 Å². The molecule has 1 fully saturated rings. The van der Waals surface area contributed by atoms with Crippen molar-refractivity contribution in [3.63, 3.8) is 0 Å². The van der Waals surface area contributed by atoms with Gasteiger partial charge in [-0.3, -0.25) is 0 Å². The molecule has 1 aliphatic rings. The van der Waals surface area contributed by atoms with Crippen molar-refractivity contribution in [2.24, 2.45) is 5.92 Å². The van der Waals surface area contributed by atoms with E-state index in [0.29, 0.717) is 5.88 Å². The topological polar surface area (TPSA) is 3.24 Å². The number of benzene rings is 1. The summed E-state index contributed by atoms with van der Waals surface area (Å²) in [5.41, 5.74) is 1.99. The van der Waals surface area contributed by atoms with Crippen LogP contribution in [0.1, 0.15) is 31.7 Å². The molecule has 0 unspecified atom stereocenters. The molecule has 1 nitrogen and oxygen atoms in total. The summed E-state index contributed by atoms with van der Waals surface area (Å²) in [7, 11) is 0. The molecule has 0 spiro atoms. The van der Waals surface area contributed by atoms with Crippen molar-refractivity contribution < 1.29 is 4.39 Å². The van der Waals surface area contributed by atoms with E-state index in [1.165, 1.54) is 25.3 Å². The van der Waals surface area contributed by atoms with Crippen LogP contribution in [-0.4, -0.2) is 13.1 Å². The number of anilines is 1. The minimum atomic E-state index is -0.205. The van der Waals surface area contributed by atoms with Gasteiger partial charge in [0.15, 0.2) is 0 Å². The first kappa shape index (κ1) is 12.7. The fourth-order valence-electron chi connectivity index (χ4n) is 2.35. The molecule has 0 saturated heterocycles. The average Bonchev–Trinajstić information content (AvgIpc) is 2.29. The molecule has 0 amide bonds. The Morgan fingerprint density at radius 3 is 2.71 bits per heavy atom. The highest BCUT2D eigenvalue weighted by molar-refractivity contribution is 6.17. The maximum Gasteiger partial charge on any atom is 0.123 e. The molecule has 94 valence electrons. The molecule has 1 aromatic carbocycles. The van der Waals surface area contributed by atoms with Gasteiger partial charge in [-0.2, -0.15) is 0 Å². The molecule has 17 heavy (non-hydrogen) atoms. The number of halogens is 2. The largest absolute Gasteiger partial charge is 0.371 e. The number of alkyl halides is 1. The van der Waals surface area contributed by atoms with Crippen molar-refractivity contribution in [3.05, 3.63) is 29.6 Å². The molecule has 1 saturated carbocycles. The van der Waals surface area contributed by atoms with Crippen LogP contribution in [0.25, 0.3) is 0 Å². The second kappa shape index (κ2) is 5.72. The molecule has 0 aliphatic heterocycles. The lowest BCUT2D eigenvalue weighted by atomic mass is 9.85. The molecule has 0 aromatic heterocycles. The Kier molecular flexibility index (Phi) is 4.27. The van der Waals surface area contributed by atoms with E-state index in [4.69, 9.17) is 11.6 Å². The number of hydrogen-bond donors (Lipinski definition) is 0. The predicted molar refractivity (Wildman–Crippen MR) is 71.2 cm³/mol. The molecular weight excluding hydrogens is 237 g/mol. The second-order valence-electron chi connectivity index (χ2n) is 4.74. The van der Waals surface area contributed by atoms with Crippen molar-refractivity contribution in [2.75, 3.05) is 18.0 Å². The highest BCUT2D eigenvalue weighted by Gasteiger charge is 2.21. The van der Waals surface area contributed by atoms with Crippen molar-refractivity contribution in [1.82, 2.24) is 0 Å². The zero-order chi connectivity index (χ0) is 12.3. The third kappa shape index (κ3) is 2.92. The fourth-order valence-corrected chi connectivity index (χ4v) is 2.57. The van der Waals surface area contributed by atoms with Gasteiger partial charge in [0.25, 0.3) is 0 Å². The van der Waals surface area contributed by atoms with Crippen molar-refractivity contribution >= 4 is 17.3 Å². The van der Waals surface area contributed by atoms with E-state index in [9.17, 15) is 4.39 Å². The molecular formula is C14H19ClFN. The molecule has 0 atom stereocenters. The molecule has 0 bridgehead atoms. The normalized spacial score (nSPS) is 15.7. The van der Waals surface area contributed by atoms with Crippen LogP contribution in [0.2, 0.25) is 0 Å².